The van der Waals surface area contributed by atoms with E-state index in [1.54, 1.807) is 0 Å². The summed E-state index contributed by atoms with van der Waals surface area (Å²) in [5.74, 6) is 0.0251. The van der Waals surface area contributed by atoms with Crippen LogP contribution in [0.4, 0.5) is 0 Å². The van der Waals surface area contributed by atoms with Crippen LogP contribution in [0.1, 0.15) is 302 Å². The van der Waals surface area contributed by atoms with E-state index in [-0.39, 0.29) is 5.97 Å². The number of carbonyl (C=O) groups is 1. The summed E-state index contributed by atoms with van der Waals surface area (Å²) in [4.78, 5) is 12.0. The largest absolute Gasteiger partial charge is 0.466 e. The minimum Gasteiger partial charge on any atom is -0.466 e. The van der Waals surface area contributed by atoms with Crippen LogP contribution in [0.25, 0.3) is 0 Å². The molecule has 0 aliphatic rings. The standard InChI is InChI=1S/C52H102O3/c1-2-3-4-5-6-7-8-9-10-25-28-31-34-37-40-43-46-49-52(54)55-51-48-45-42-39-36-33-30-27-24-22-20-18-16-14-12-11-13-15-17-19-21-23-26-29-32-35-38-41-44-47-50-53/h7-8,53H,2-6,9-51H2,1H3. The summed E-state index contributed by atoms with van der Waals surface area (Å²) in [6.07, 6.45) is 66.5. The van der Waals surface area contributed by atoms with Crippen molar-refractivity contribution in [2.45, 2.75) is 302 Å². The van der Waals surface area contributed by atoms with Gasteiger partial charge in [0.1, 0.15) is 0 Å². The number of unbranched alkanes of at least 4 members (excludes halogenated alkanes) is 42. The molecule has 0 aromatic carbocycles. The molecule has 3 heteroatoms. The number of allylic oxidation sites excluding steroid dienone is 2. The van der Waals surface area contributed by atoms with Crippen LogP contribution in [-0.2, 0) is 9.53 Å². The molecule has 0 radical (unpaired) electrons. The lowest BCUT2D eigenvalue weighted by atomic mass is 10.0. The third kappa shape index (κ3) is 51.2. The third-order valence-corrected chi connectivity index (χ3v) is 12.0. The third-order valence-electron chi connectivity index (χ3n) is 12.0. The van der Waals surface area contributed by atoms with Crippen molar-refractivity contribution < 1.29 is 14.6 Å². The quantitative estimate of drug-likeness (QED) is 0.0380. The summed E-state index contributed by atoms with van der Waals surface area (Å²) < 4.78 is 5.49. The molecule has 0 bridgehead atoms. The van der Waals surface area contributed by atoms with Crippen LogP contribution in [0.5, 0.6) is 0 Å². The van der Waals surface area contributed by atoms with Crippen molar-refractivity contribution >= 4 is 5.97 Å². The number of rotatable bonds is 49. The van der Waals surface area contributed by atoms with Gasteiger partial charge >= 0.3 is 5.97 Å². The van der Waals surface area contributed by atoms with E-state index in [2.05, 4.69) is 19.1 Å². The molecule has 1 N–H and O–H groups in total. The molecule has 0 heterocycles. The van der Waals surface area contributed by atoms with Gasteiger partial charge in [0, 0.05) is 13.0 Å². The Hall–Kier alpha value is -0.830. The minimum absolute atomic E-state index is 0.0251. The zero-order valence-electron chi connectivity index (χ0n) is 37.9. The number of aliphatic hydroxyl groups is 1. The van der Waals surface area contributed by atoms with E-state index >= 15 is 0 Å². The molecule has 0 fully saturated rings. The van der Waals surface area contributed by atoms with Crippen molar-refractivity contribution in [3.63, 3.8) is 0 Å². The number of carbonyl (C=O) groups excluding carboxylic acids is 1. The lowest BCUT2D eigenvalue weighted by Gasteiger charge is -2.06. The fourth-order valence-electron chi connectivity index (χ4n) is 8.12. The van der Waals surface area contributed by atoms with Gasteiger partial charge in [-0.25, -0.2) is 0 Å². The predicted molar refractivity (Wildman–Crippen MR) is 245 cm³/mol. The first-order valence-electron chi connectivity index (χ1n) is 25.7. The van der Waals surface area contributed by atoms with Gasteiger partial charge in [-0.2, -0.15) is 0 Å². The molecule has 0 aliphatic heterocycles. The van der Waals surface area contributed by atoms with Crippen molar-refractivity contribution in [2.75, 3.05) is 13.2 Å². The fourth-order valence-corrected chi connectivity index (χ4v) is 8.12. The highest BCUT2D eigenvalue weighted by atomic mass is 16.5. The van der Waals surface area contributed by atoms with Crippen LogP contribution >= 0.6 is 0 Å². The smallest absolute Gasteiger partial charge is 0.305 e. The molecular formula is C52H102O3. The Morgan fingerprint density at radius 1 is 0.345 bits per heavy atom. The number of esters is 1. The second kappa shape index (κ2) is 51.2. The normalized spacial score (nSPS) is 11.7. The molecule has 0 rings (SSSR count). The summed E-state index contributed by atoms with van der Waals surface area (Å²) in [7, 11) is 0. The Bertz CT molecular complexity index is 718. The number of aliphatic hydroxyl groups excluding tert-OH is 1. The van der Waals surface area contributed by atoms with Crippen LogP contribution in [-0.4, -0.2) is 24.3 Å². The molecule has 0 atom stereocenters. The topological polar surface area (TPSA) is 46.5 Å². The number of hydrogen-bond acceptors (Lipinski definition) is 3. The minimum atomic E-state index is 0.0251. The first-order valence-corrected chi connectivity index (χ1v) is 25.7. The molecule has 0 saturated carbocycles. The van der Waals surface area contributed by atoms with Crippen LogP contribution in [0, 0.1) is 0 Å². The fraction of sp³-hybridized carbons (Fsp3) is 0.942. The van der Waals surface area contributed by atoms with Crippen molar-refractivity contribution in [3.05, 3.63) is 12.2 Å². The van der Waals surface area contributed by atoms with Crippen molar-refractivity contribution in [1.29, 1.82) is 0 Å². The molecule has 0 aromatic rings. The molecule has 0 amide bonds. The first-order chi connectivity index (χ1) is 27.3. The average molecular weight is 775 g/mol. The van der Waals surface area contributed by atoms with Gasteiger partial charge in [-0.3, -0.25) is 4.79 Å². The second-order valence-electron chi connectivity index (χ2n) is 17.6. The molecule has 328 valence electrons. The summed E-state index contributed by atoms with van der Waals surface area (Å²) in [5, 5.41) is 8.82. The summed E-state index contributed by atoms with van der Waals surface area (Å²) >= 11 is 0. The zero-order chi connectivity index (χ0) is 39.6. The molecule has 0 aromatic heterocycles. The van der Waals surface area contributed by atoms with Gasteiger partial charge in [-0.15, -0.1) is 0 Å². The summed E-state index contributed by atoms with van der Waals surface area (Å²) in [5.41, 5.74) is 0. The maximum absolute atomic E-state index is 12.0. The van der Waals surface area contributed by atoms with Gasteiger partial charge in [-0.05, 0) is 44.9 Å². The lowest BCUT2D eigenvalue weighted by Crippen LogP contribution is -2.05. The Morgan fingerprint density at radius 2 is 0.600 bits per heavy atom. The lowest BCUT2D eigenvalue weighted by molar-refractivity contribution is -0.143. The zero-order valence-corrected chi connectivity index (χ0v) is 37.9. The van der Waals surface area contributed by atoms with Gasteiger partial charge in [0.25, 0.3) is 0 Å². The van der Waals surface area contributed by atoms with E-state index in [4.69, 9.17) is 9.84 Å². The van der Waals surface area contributed by atoms with E-state index in [0.717, 1.165) is 19.3 Å². The van der Waals surface area contributed by atoms with Crippen LogP contribution in [0.3, 0.4) is 0 Å². The van der Waals surface area contributed by atoms with Gasteiger partial charge in [0.05, 0.1) is 6.61 Å². The highest BCUT2D eigenvalue weighted by Gasteiger charge is 2.03. The second-order valence-corrected chi connectivity index (χ2v) is 17.6. The average Bonchev–Trinajstić information content (AvgIpc) is 3.19. The van der Waals surface area contributed by atoms with Gasteiger partial charge < -0.3 is 9.84 Å². The van der Waals surface area contributed by atoms with Crippen molar-refractivity contribution in [1.82, 2.24) is 0 Å². The maximum atomic E-state index is 12.0. The Morgan fingerprint density at radius 3 is 0.909 bits per heavy atom. The van der Waals surface area contributed by atoms with E-state index < -0.39 is 0 Å². The molecule has 0 saturated heterocycles. The Labute approximate surface area is 347 Å². The summed E-state index contributed by atoms with van der Waals surface area (Å²) in [6, 6.07) is 0. The molecule has 3 nitrogen and oxygen atoms in total. The molecule has 0 unspecified atom stereocenters. The van der Waals surface area contributed by atoms with E-state index in [1.165, 1.54) is 270 Å². The monoisotopic (exact) mass is 775 g/mol. The van der Waals surface area contributed by atoms with E-state index in [0.29, 0.717) is 19.6 Å². The SMILES string of the molecule is CCCCCCC=CCCCCCCCCCCCC(=O)OCCCCCCCCCCCCCCCCCCCCCCCCCCCCCCCCO. The Kier molecular flexibility index (Phi) is 50.4. The predicted octanol–water partition coefficient (Wildman–Crippen LogP) is 18.0. The van der Waals surface area contributed by atoms with Crippen molar-refractivity contribution in [2.24, 2.45) is 0 Å². The van der Waals surface area contributed by atoms with Crippen LogP contribution < -0.4 is 0 Å². The van der Waals surface area contributed by atoms with E-state index in [9.17, 15) is 4.79 Å². The van der Waals surface area contributed by atoms with Gasteiger partial charge in [0.15, 0.2) is 0 Å². The van der Waals surface area contributed by atoms with Crippen LogP contribution in [0.15, 0.2) is 12.2 Å². The number of hydrogen-bond donors (Lipinski definition) is 1. The molecule has 0 spiro atoms. The molecular weight excluding hydrogens is 673 g/mol. The van der Waals surface area contributed by atoms with Gasteiger partial charge in [0.2, 0.25) is 0 Å². The summed E-state index contributed by atoms with van der Waals surface area (Å²) in [6.45, 7) is 3.27. The highest BCUT2D eigenvalue weighted by molar-refractivity contribution is 5.69. The maximum Gasteiger partial charge on any atom is 0.305 e. The van der Waals surface area contributed by atoms with Crippen LogP contribution in [0.2, 0.25) is 0 Å². The van der Waals surface area contributed by atoms with Crippen molar-refractivity contribution in [3.8, 4) is 0 Å². The number of ether oxygens (including phenoxy) is 1. The highest BCUT2D eigenvalue weighted by Crippen LogP contribution is 2.17. The van der Waals surface area contributed by atoms with Gasteiger partial charge in [-0.1, -0.05) is 263 Å². The first kappa shape index (κ1) is 54.2. The Balaban J connectivity index is 3.15. The molecule has 0 aliphatic carbocycles. The van der Waals surface area contributed by atoms with E-state index in [1.807, 2.05) is 0 Å². The molecule has 55 heavy (non-hydrogen) atoms.